The number of alkyl halides is 3. The van der Waals surface area contributed by atoms with Crippen molar-refractivity contribution in [3.63, 3.8) is 0 Å². The molecule has 0 radical (unpaired) electrons. The van der Waals surface area contributed by atoms with E-state index in [1.165, 1.54) is 6.07 Å². The number of halogens is 3. The van der Waals surface area contributed by atoms with Crippen LogP contribution in [0.2, 0.25) is 0 Å². The lowest BCUT2D eigenvalue weighted by Gasteiger charge is -2.24. The monoisotopic (exact) mass is 430 g/mol. The summed E-state index contributed by atoms with van der Waals surface area (Å²) in [6, 6.07) is 1.92. The van der Waals surface area contributed by atoms with Crippen LogP contribution in [0.15, 0.2) is 18.3 Å². The summed E-state index contributed by atoms with van der Waals surface area (Å²) in [7, 11) is -4.97. The van der Waals surface area contributed by atoms with E-state index in [0.29, 0.717) is 18.4 Å². The maximum atomic E-state index is 12.6. The molecule has 0 saturated heterocycles. The van der Waals surface area contributed by atoms with Crippen molar-refractivity contribution in [2.45, 2.75) is 57.0 Å². The molecule has 1 heterocycles. The highest BCUT2D eigenvalue weighted by atomic mass is 32.2. The SMILES string of the molecule is CC(C)(C)[S@](=O)N[C@H](CCOS(C)(=O)=O)CCc1ccc(C(F)(F)F)nc1. The summed E-state index contributed by atoms with van der Waals surface area (Å²) in [5, 5.41) is 0. The zero-order chi connectivity index (χ0) is 20.9. The summed E-state index contributed by atoms with van der Waals surface area (Å²) in [6.07, 6.45) is -1.28. The van der Waals surface area contributed by atoms with Gasteiger partial charge in [-0.1, -0.05) is 6.07 Å². The van der Waals surface area contributed by atoms with E-state index >= 15 is 0 Å². The van der Waals surface area contributed by atoms with Crippen LogP contribution in [0.3, 0.4) is 0 Å². The second-order valence-corrected chi connectivity index (χ2v) is 10.7. The van der Waals surface area contributed by atoms with Gasteiger partial charge in [0, 0.05) is 12.2 Å². The van der Waals surface area contributed by atoms with E-state index < -0.39 is 37.7 Å². The summed E-state index contributed by atoms with van der Waals surface area (Å²) < 4.78 is 79.3. The second kappa shape index (κ2) is 9.44. The third-order valence-corrected chi connectivity index (χ3v) is 5.74. The van der Waals surface area contributed by atoms with Gasteiger partial charge in [0.05, 0.1) is 28.6 Å². The molecule has 0 saturated carbocycles. The van der Waals surface area contributed by atoms with Crippen molar-refractivity contribution in [2.24, 2.45) is 0 Å². The lowest BCUT2D eigenvalue weighted by molar-refractivity contribution is -0.141. The topological polar surface area (TPSA) is 85.4 Å². The molecule has 0 spiro atoms. The van der Waals surface area contributed by atoms with Gasteiger partial charge in [0.15, 0.2) is 0 Å². The van der Waals surface area contributed by atoms with Gasteiger partial charge in [-0.15, -0.1) is 0 Å². The smallest absolute Gasteiger partial charge is 0.270 e. The predicted octanol–water partition coefficient (Wildman–Crippen LogP) is 2.82. The van der Waals surface area contributed by atoms with Gasteiger partial charge in [-0.05, 0) is 51.7 Å². The van der Waals surface area contributed by atoms with Crippen LogP contribution in [0.4, 0.5) is 13.2 Å². The normalized spacial score (nSPS) is 15.5. The quantitative estimate of drug-likeness (QED) is 0.609. The van der Waals surface area contributed by atoms with Crippen LogP contribution in [-0.4, -0.2) is 41.3 Å². The Morgan fingerprint density at radius 3 is 2.30 bits per heavy atom. The van der Waals surface area contributed by atoms with Crippen molar-refractivity contribution in [1.29, 1.82) is 0 Å². The highest BCUT2D eigenvalue weighted by Crippen LogP contribution is 2.27. The molecule has 6 nitrogen and oxygen atoms in total. The fourth-order valence-corrected chi connectivity index (χ4v) is 3.30. The van der Waals surface area contributed by atoms with Crippen molar-refractivity contribution in [2.75, 3.05) is 12.9 Å². The second-order valence-electron chi connectivity index (χ2n) is 7.10. The van der Waals surface area contributed by atoms with Gasteiger partial charge in [-0.3, -0.25) is 9.17 Å². The Labute approximate surface area is 160 Å². The number of pyridine rings is 1. The highest BCUT2D eigenvalue weighted by Gasteiger charge is 2.32. The van der Waals surface area contributed by atoms with Crippen molar-refractivity contribution < 1.29 is 30.0 Å². The van der Waals surface area contributed by atoms with Crippen molar-refractivity contribution >= 4 is 21.1 Å². The van der Waals surface area contributed by atoms with Gasteiger partial charge in [-0.2, -0.15) is 21.6 Å². The largest absolute Gasteiger partial charge is 0.433 e. The minimum atomic E-state index is -4.49. The fourth-order valence-electron chi connectivity index (χ4n) is 2.01. The summed E-state index contributed by atoms with van der Waals surface area (Å²) in [6.45, 7) is 5.29. The number of aromatic nitrogens is 1. The van der Waals surface area contributed by atoms with Crippen LogP contribution >= 0.6 is 0 Å². The van der Waals surface area contributed by atoms with Crippen molar-refractivity contribution in [1.82, 2.24) is 9.71 Å². The van der Waals surface area contributed by atoms with E-state index in [4.69, 9.17) is 4.18 Å². The molecule has 2 atom stereocenters. The van der Waals surface area contributed by atoms with E-state index in [1.807, 2.05) is 0 Å². The lowest BCUT2D eigenvalue weighted by atomic mass is 10.1. The molecule has 27 heavy (non-hydrogen) atoms. The van der Waals surface area contributed by atoms with Gasteiger partial charge in [0.2, 0.25) is 0 Å². The Balaban J connectivity index is 2.73. The molecule has 0 aliphatic rings. The van der Waals surface area contributed by atoms with Gasteiger partial charge < -0.3 is 0 Å². The van der Waals surface area contributed by atoms with E-state index in [2.05, 4.69) is 9.71 Å². The molecular weight excluding hydrogens is 405 g/mol. The molecule has 1 aromatic heterocycles. The number of hydrogen-bond donors (Lipinski definition) is 1. The van der Waals surface area contributed by atoms with Gasteiger partial charge >= 0.3 is 6.18 Å². The van der Waals surface area contributed by atoms with Crippen LogP contribution in [0.1, 0.15) is 44.9 Å². The average molecular weight is 431 g/mol. The van der Waals surface area contributed by atoms with Crippen LogP contribution in [0, 0.1) is 0 Å². The van der Waals surface area contributed by atoms with E-state index in [9.17, 15) is 25.8 Å². The Morgan fingerprint density at radius 1 is 1.22 bits per heavy atom. The summed E-state index contributed by atoms with van der Waals surface area (Å²) in [5.41, 5.74) is -0.364. The molecule has 1 N–H and O–H groups in total. The zero-order valence-corrected chi connectivity index (χ0v) is 17.3. The van der Waals surface area contributed by atoms with Crippen molar-refractivity contribution in [3.8, 4) is 0 Å². The summed E-state index contributed by atoms with van der Waals surface area (Å²) in [4.78, 5) is 3.41. The number of nitrogens with zero attached hydrogens (tertiary/aromatic N) is 1. The van der Waals surface area contributed by atoms with Crippen molar-refractivity contribution in [3.05, 3.63) is 29.6 Å². The molecule has 0 bridgehead atoms. The molecule has 0 amide bonds. The molecule has 0 aliphatic carbocycles. The first-order valence-electron chi connectivity index (χ1n) is 8.23. The minimum absolute atomic E-state index is 0.0803. The molecule has 0 aliphatic heterocycles. The molecule has 0 unspecified atom stereocenters. The summed E-state index contributed by atoms with van der Waals surface area (Å²) in [5.74, 6) is 0. The highest BCUT2D eigenvalue weighted by molar-refractivity contribution is 7.86. The molecular formula is C16H25F3N2O4S2. The lowest BCUT2D eigenvalue weighted by Crippen LogP contribution is -2.40. The predicted molar refractivity (Wildman–Crippen MR) is 97.8 cm³/mol. The van der Waals surface area contributed by atoms with E-state index in [-0.39, 0.29) is 19.1 Å². The molecule has 0 aromatic carbocycles. The number of nitrogens with one attached hydrogen (secondary N) is 1. The standard InChI is InChI=1S/C16H25F3N2O4S2/c1-15(2,3)26(22)21-13(9-10-25-27(4,23)24)7-5-12-6-8-14(20-11-12)16(17,18)19/h6,8,11,13,21H,5,7,9-10H2,1-4H3/t13-,26-/m0/s1. The van der Waals surface area contributed by atoms with Crippen LogP contribution < -0.4 is 4.72 Å². The van der Waals surface area contributed by atoms with Crippen LogP contribution in [0.25, 0.3) is 0 Å². The maximum absolute atomic E-state index is 12.6. The van der Waals surface area contributed by atoms with Crippen LogP contribution in [0.5, 0.6) is 0 Å². The fraction of sp³-hybridized carbons (Fsp3) is 0.688. The third kappa shape index (κ3) is 9.63. The van der Waals surface area contributed by atoms with Gasteiger partial charge in [0.25, 0.3) is 10.1 Å². The average Bonchev–Trinajstić information content (AvgIpc) is 2.49. The number of hydrogen-bond acceptors (Lipinski definition) is 5. The Morgan fingerprint density at radius 2 is 1.85 bits per heavy atom. The molecule has 11 heteroatoms. The van der Waals surface area contributed by atoms with E-state index in [0.717, 1.165) is 18.5 Å². The summed E-state index contributed by atoms with van der Waals surface area (Å²) >= 11 is 0. The maximum Gasteiger partial charge on any atom is 0.433 e. The number of aryl methyl sites for hydroxylation is 1. The zero-order valence-electron chi connectivity index (χ0n) is 15.7. The molecule has 0 fully saturated rings. The first-order valence-corrected chi connectivity index (χ1v) is 11.2. The minimum Gasteiger partial charge on any atom is -0.270 e. The Bertz CT molecular complexity index is 730. The third-order valence-electron chi connectivity index (χ3n) is 3.49. The van der Waals surface area contributed by atoms with Gasteiger partial charge in [-0.25, -0.2) is 8.93 Å². The Hall–Kier alpha value is -1.04. The Kier molecular flexibility index (Phi) is 8.39. The van der Waals surface area contributed by atoms with E-state index in [1.54, 1.807) is 20.8 Å². The molecule has 156 valence electrons. The molecule has 1 rings (SSSR count). The van der Waals surface area contributed by atoms with Crippen LogP contribution in [-0.2, 0) is 37.9 Å². The first kappa shape index (κ1) is 24.0. The number of rotatable bonds is 9. The van der Waals surface area contributed by atoms with Gasteiger partial charge in [0.1, 0.15) is 5.69 Å². The first-order chi connectivity index (χ1) is 12.2. The molecule has 1 aromatic rings.